The summed E-state index contributed by atoms with van der Waals surface area (Å²) in [5, 5.41) is 8.05. The molecule has 0 atom stereocenters. The number of nitrogens with zero attached hydrogens (tertiary/aromatic N) is 3. The maximum Gasteiger partial charge on any atom is 0.135 e. The summed E-state index contributed by atoms with van der Waals surface area (Å²) in [7, 11) is 3.88. The van der Waals surface area contributed by atoms with Crippen molar-refractivity contribution in [3.05, 3.63) is 41.3 Å². The van der Waals surface area contributed by atoms with Gasteiger partial charge in [0.1, 0.15) is 11.6 Å². The van der Waals surface area contributed by atoms with E-state index in [0.29, 0.717) is 6.04 Å². The fraction of sp³-hybridized carbons (Fsp3) is 0.438. The van der Waals surface area contributed by atoms with Crippen LogP contribution in [0.5, 0.6) is 0 Å². The number of aromatic nitrogens is 2. The highest BCUT2D eigenvalue weighted by molar-refractivity contribution is 5.63. The first kappa shape index (κ1) is 14.1. The predicted octanol–water partition coefficient (Wildman–Crippen LogP) is 2.89. The lowest BCUT2D eigenvalue weighted by Gasteiger charge is -2.21. The van der Waals surface area contributed by atoms with Crippen LogP contribution < -0.4 is 10.2 Å². The van der Waals surface area contributed by atoms with E-state index in [0.717, 1.165) is 23.7 Å². The van der Waals surface area contributed by atoms with Gasteiger partial charge in [-0.3, -0.25) is 4.68 Å². The number of rotatable bonds is 5. The molecule has 4 nitrogen and oxygen atoms in total. The minimum Gasteiger partial charge on any atom is -0.329 e. The number of halogens is 1. The highest BCUT2D eigenvalue weighted by Crippen LogP contribution is 2.30. The molecule has 1 aliphatic rings. The third kappa shape index (κ3) is 2.93. The molecule has 112 valence electrons. The summed E-state index contributed by atoms with van der Waals surface area (Å²) >= 11 is 0. The van der Waals surface area contributed by atoms with Crippen LogP contribution in [0.3, 0.4) is 0 Å². The van der Waals surface area contributed by atoms with Crippen LogP contribution in [0.25, 0.3) is 0 Å². The molecule has 1 aromatic heterocycles. The molecule has 5 heteroatoms. The second kappa shape index (κ2) is 5.48. The fourth-order valence-corrected chi connectivity index (χ4v) is 2.66. The van der Waals surface area contributed by atoms with E-state index >= 15 is 0 Å². The van der Waals surface area contributed by atoms with Crippen molar-refractivity contribution in [3.8, 4) is 0 Å². The molecule has 0 unspecified atom stereocenters. The molecule has 0 spiro atoms. The molecule has 1 N–H and O–H groups in total. The first-order valence-corrected chi connectivity index (χ1v) is 7.31. The molecule has 0 aliphatic heterocycles. The molecule has 1 aliphatic carbocycles. The Morgan fingerprint density at radius 3 is 2.86 bits per heavy atom. The smallest absolute Gasteiger partial charge is 0.135 e. The minimum atomic E-state index is -0.226. The maximum absolute atomic E-state index is 13.5. The lowest BCUT2D eigenvalue weighted by Crippen LogP contribution is -2.20. The molecule has 1 heterocycles. The highest BCUT2D eigenvalue weighted by atomic mass is 19.1. The van der Waals surface area contributed by atoms with Gasteiger partial charge >= 0.3 is 0 Å². The number of anilines is 2. The second-order valence-corrected chi connectivity index (χ2v) is 5.71. The predicted molar refractivity (Wildman–Crippen MR) is 82.3 cm³/mol. The van der Waals surface area contributed by atoms with E-state index in [1.165, 1.54) is 24.5 Å². The molecular weight excluding hydrogens is 267 g/mol. The van der Waals surface area contributed by atoms with Crippen LogP contribution in [0.15, 0.2) is 24.3 Å². The summed E-state index contributed by atoms with van der Waals surface area (Å²) in [6.45, 7) is 2.83. The second-order valence-electron chi connectivity index (χ2n) is 5.71. The Balaban J connectivity index is 1.92. The van der Waals surface area contributed by atoms with E-state index in [1.54, 1.807) is 12.1 Å². The molecule has 0 saturated heterocycles. The van der Waals surface area contributed by atoms with Crippen molar-refractivity contribution in [1.29, 1.82) is 0 Å². The first-order chi connectivity index (χ1) is 10.1. The summed E-state index contributed by atoms with van der Waals surface area (Å²) in [6.07, 6.45) is 2.52. The molecule has 0 amide bonds. The van der Waals surface area contributed by atoms with E-state index in [9.17, 15) is 4.39 Å². The average molecular weight is 288 g/mol. The van der Waals surface area contributed by atoms with Gasteiger partial charge in [0, 0.05) is 37.9 Å². The fourth-order valence-electron chi connectivity index (χ4n) is 2.66. The standard InChI is InChI=1S/C16H21FN4/c1-11-15(10-18-13-7-8-13)16(21(3)19-11)20(2)14-6-4-5-12(17)9-14/h4-6,9,13,18H,7-8,10H2,1-3H3. The van der Waals surface area contributed by atoms with Gasteiger partial charge in [-0.05, 0) is 38.0 Å². The Bertz CT molecular complexity index is 646. The Labute approximate surface area is 124 Å². The van der Waals surface area contributed by atoms with Crippen molar-refractivity contribution in [1.82, 2.24) is 15.1 Å². The van der Waals surface area contributed by atoms with Crippen LogP contribution in [-0.4, -0.2) is 22.9 Å². The third-order valence-corrected chi connectivity index (χ3v) is 3.97. The lowest BCUT2D eigenvalue weighted by atomic mass is 10.2. The first-order valence-electron chi connectivity index (χ1n) is 7.31. The van der Waals surface area contributed by atoms with E-state index in [-0.39, 0.29) is 5.82 Å². The summed E-state index contributed by atoms with van der Waals surface area (Å²) < 4.78 is 15.3. The Morgan fingerprint density at radius 2 is 2.19 bits per heavy atom. The van der Waals surface area contributed by atoms with Crippen LogP contribution in [0.2, 0.25) is 0 Å². The molecule has 2 aromatic rings. The van der Waals surface area contributed by atoms with Crippen molar-refractivity contribution in [3.63, 3.8) is 0 Å². The van der Waals surface area contributed by atoms with Crippen molar-refractivity contribution >= 4 is 11.5 Å². The molecule has 21 heavy (non-hydrogen) atoms. The molecule has 0 radical (unpaired) electrons. The molecule has 1 saturated carbocycles. The number of nitrogens with one attached hydrogen (secondary N) is 1. The summed E-state index contributed by atoms with van der Waals surface area (Å²) in [5.74, 6) is 0.780. The Morgan fingerprint density at radius 1 is 1.43 bits per heavy atom. The largest absolute Gasteiger partial charge is 0.329 e. The highest BCUT2D eigenvalue weighted by Gasteiger charge is 2.23. The number of hydrogen-bond acceptors (Lipinski definition) is 3. The number of hydrogen-bond donors (Lipinski definition) is 1. The summed E-state index contributed by atoms with van der Waals surface area (Å²) in [6, 6.07) is 7.29. The van der Waals surface area contributed by atoms with Crippen LogP contribution in [0.1, 0.15) is 24.1 Å². The molecule has 1 aromatic carbocycles. The van der Waals surface area contributed by atoms with Gasteiger partial charge in [0.05, 0.1) is 5.69 Å². The molecule has 0 bridgehead atoms. The molecule has 3 rings (SSSR count). The summed E-state index contributed by atoms with van der Waals surface area (Å²) in [5.41, 5.74) is 3.02. The van der Waals surface area contributed by atoms with Gasteiger partial charge in [0.25, 0.3) is 0 Å². The van der Waals surface area contributed by atoms with Crippen molar-refractivity contribution < 1.29 is 4.39 Å². The van der Waals surface area contributed by atoms with E-state index in [4.69, 9.17) is 0 Å². The van der Waals surface area contributed by atoms with Gasteiger partial charge < -0.3 is 10.2 Å². The summed E-state index contributed by atoms with van der Waals surface area (Å²) in [4.78, 5) is 1.99. The number of benzene rings is 1. The van der Waals surface area contributed by atoms with Crippen molar-refractivity contribution in [2.45, 2.75) is 32.4 Å². The monoisotopic (exact) mass is 288 g/mol. The SMILES string of the molecule is Cc1nn(C)c(N(C)c2cccc(F)c2)c1CNC1CC1. The zero-order valence-electron chi connectivity index (χ0n) is 12.7. The zero-order valence-corrected chi connectivity index (χ0v) is 12.7. The van der Waals surface area contributed by atoms with Gasteiger partial charge in [-0.25, -0.2) is 4.39 Å². The molecule has 1 fully saturated rings. The van der Waals surface area contributed by atoms with Crippen molar-refractivity contribution in [2.75, 3.05) is 11.9 Å². The minimum absolute atomic E-state index is 0.226. The van der Waals surface area contributed by atoms with Crippen LogP contribution in [-0.2, 0) is 13.6 Å². The average Bonchev–Trinajstić information content (AvgIpc) is 3.22. The quantitative estimate of drug-likeness (QED) is 0.918. The van der Waals surface area contributed by atoms with Crippen LogP contribution >= 0.6 is 0 Å². The van der Waals surface area contributed by atoms with Crippen LogP contribution in [0, 0.1) is 12.7 Å². The Kier molecular flexibility index (Phi) is 3.68. The van der Waals surface area contributed by atoms with E-state index in [2.05, 4.69) is 10.4 Å². The van der Waals surface area contributed by atoms with E-state index in [1.807, 2.05) is 36.7 Å². The Hall–Kier alpha value is -1.88. The van der Waals surface area contributed by atoms with Gasteiger partial charge in [0.2, 0.25) is 0 Å². The van der Waals surface area contributed by atoms with Crippen LogP contribution in [0.4, 0.5) is 15.9 Å². The molecular formula is C16H21FN4. The van der Waals surface area contributed by atoms with Gasteiger partial charge in [-0.1, -0.05) is 6.07 Å². The number of aryl methyl sites for hydroxylation is 2. The maximum atomic E-state index is 13.5. The lowest BCUT2D eigenvalue weighted by molar-refractivity contribution is 0.627. The topological polar surface area (TPSA) is 33.1 Å². The zero-order chi connectivity index (χ0) is 15.0. The third-order valence-electron chi connectivity index (χ3n) is 3.97. The van der Waals surface area contributed by atoms with E-state index < -0.39 is 0 Å². The van der Waals surface area contributed by atoms with Gasteiger partial charge in [-0.15, -0.1) is 0 Å². The van der Waals surface area contributed by atoms with Gasteiger partial charge in [-0.2, -0.15) is 5.10 Å². The van der Waals surface area contributed by atoms with Crippen molar-refractivity contribution in [2.24, 2.45) is 7.05 Å². The van der Waals surface area contributed by atoms with Gasteiger partial charge in [0.15, 0.2) is 0 Å². The normalized spacial score (nSPS) is 14.5.